The molecule has 1 aromatic rings. The molecule has 1 aromatic carbocycles. The Kier molecular flexibility index (Phi) is 5.22. The second-order valence-electron chi connectivity index (χ2n) is 5.28. The van der Waals surface area contributed by atoms with Crippen molar-refractivity contribution in [3.63, 3.8) is 0 Å². The van der Waals surface area contributed by atoms with Crippen LogP contribution < -0.4 is 9.47 Å². The summed E-state index contributed by atoms with van der Waals surface area (Å²) >= 11 is 0. The summed E-state index contributed by atoms with van der Waals surface area (Å²) in [5.74, 6) is 0.629. The number of nitrogens with zero attached hydrogens (tertiary/aromatic N) is 1. The summed E-state index contributed by atoms with van der Waals surface area (Å²) in [6.07, 6.45) is 0.322. The van der Waals surface area contributed by atoms with Gasteiger partial charge in [0.1, 0.15) is 0 Å². The van der Waals surface area contributed by atoms with Gasteiger partial charge < -0.3 is 9.47 Å². The molecule has 1 atom stereocenters. The van der Waals surface area contributed by atoms with Crippen LogP contribution in [0.5, 0.6) is 11.5 Å². The highest BCUT2D eigenvalue weighted by Gasteiger charge is 2.38. The van der Waals surface area contributed by atoms with E-state index < -0.39 is 25.9 Å². The van der Waals surface area contributed by atoms with Gasteiger partial charge in [-0.3, -0.25) is 0 Å². The average Bonchev–Trinajstić information content (AvgIpc) is 2.86. The first-order valence-electron chi connectivity index (χ1n) is 7.19. The lowest BCUT2D eigenvalue weighted by Gasteiger charge is -2.26. The van der Waals surface area contributed by atoms with Gasteiger partial charge in [-0.05, 0) is 18.6 Å². The molecular formula is C14H21NO6S2. The lowest BCUT2D eigenvalue weighted by Crippen LogP contribution is -2.40. The zero-order chi connectivity index (χ0) is 17.3. The number of sulfone groups is 1. The first kappa shape index (κ1) is 18.0. The molecule has 1 unspecified atom stereocenters. The van der Waals surface area contributed by atoms with E-state index in [-0.39, 0.29) is 22.9 Å². The van der Waals surface area contributed by atoms with E-state index in [1.54, 1.807) is 6.92 Å². The summed E-state index contributed by atoms with van der Waals surface area (Å²) < 4.78 is 60.5. The fourth-order valence-electron chi connectivity index (χ4n) is 2.74. The van der Waals surface area contributed by atoms with Gasteiger partial charge in [0.05, 0.1) is 30.6 Å². The van der Waals surface area contributed by atoms with E-state index in [0.717, 1.165) is 0 Å². The highest BCUT2D eigenvalue weighted by Crippen LogP contribution is 2.32. The maximum Gasteiger partial charge on any atom is 0.243 e. The van der Waals surface area contributed by atoms with E-state index in [1.807, 2.05) is 0 Å². The Labute approximate surface area is 137 Å². The van der Waals surface area contributed by atoms with Crippen LogP contribution in [0.25, 0.3) is 0 Å². The van der Waals surface area contributed by atoms with Gasteiger partial charge in [0.25, 0.3) is 0 Å². The third kappa shape index (κ3) is 3.61. The van der Waals surface area contributed by atoms with Crippen LogP contribution in [-0.2, 0) is 19.9 Å². The molecule has 2 rings (SSSR count). The Morgan fingerprint density at radius 2 is 1.87 bits per heavy atom. The first-order chi connectivity index (χ1) is 10.7. The molecule has 0 bridgehead atoms. The molecule has 1 heterocycles. The molecule has 0 radical (unpaired) electrons. The van der Waals surface area contributed by atoms with E-state index in [2.05, 4.69) is 0 Å². The van der Waals surface area contributed by atoms with Crippen molar-refractivity contribution in [2.45, 2.75) is 24.3 Å². The molecule has 9 heteroatoms. The lowest BCUT2D eigenvalue weighted by molar-refractivity contribution is 0.348. The first-order valence-corrected chi connectivity index (χ1v) is 10.5. The quantitative estimate of drug-likeness (QED) is 0.746. The zero-order valence-corrected chi connectivity index (χ0v) is 15.0. The van der Waals surface area contributed by atoms with Gasteiger partial charge in [0.2, 0.25) is 10.0 Å². The van der Waals surface area contributed by atoms with Crippen LogP contribution in [0.2, 0.25) is 0 Å². The summed E-state index contributed by atoms with van der Waals surface area (Å²) in [5, 5.41) is 0. The molecule has 1 aliphatic rings. The number of hydrogen-bond acceptors (Lipinski definition) is 6. The Hall–Kier alpha value is -1.32. The second-order valence-corrected chi connectivity index (χ2v) is 9.40. The molecule has 1 aliphatic heterocycles. The van der Waals surface area contributed by atoms with Crippen molar-refractivity contribution in [3.8, 4) is 11.5 Å². The largest absolute Gasteiger partial charge is 0.493 e. The van der Waals surface area contributed by atoms with Gasteiger partial charge in [0, 0.05) is 18.7 Å². The monoisotopic (exact) mass is 363 g/mol. The van der Waals surface area contributed by atoms with Crippen LogP contribution in [-0.4, -0.2) is 59.5 Å². The SMILES string of the molecule is CCN(C1CCS(=O)(=O)C1)S(=O)(=O)c1ccc(OC)c(OC)c1. The summed E-state index contributed by atoms with van der Waals surface area (Å²) in [4.78, 5) is 0.0568. The maximum absolute atomic E-state index is 12.9. The van der Waals surface area contributed by atoms with Gasteiger partial charge in [-0.1, -0.05) is 6.92 Å². The van der Waals surface area contributed by atoms with E-state index in [4.69, 9.17) is 9.47 Å². The third-order valence-corrected chi connectivity index (χ3v) is 7.66. The summed E-state index contributed by atoms with van der Waals surface area (Å²) in [5.41, 5.74) is 0. The number of rotatable bonds is 6. The van der Waals surface area contributed by atoms with Crippen LogP contribution in [0.1, 0.15) is 13.3 Å². The van der Waals surface area contributed by atoms with Crippen molar-refractivity contribution in [1.82, 2.24) is 4.31 Å². The van der Waals surface area contributed by atoms with Crippen molar-refractivity contribution in [3.05, 3.63) is 18.2 Å². The smallest absolute Gasteiger partial charge is 0.243 e. The molecule has 0 aromatic heterocycles. The molecular weight excluding hydrogens is 342 g/mol. The van der Waals surface area contributed by atoms with Crippen molar-refractivity contribution in [2.75, 3.05) is 32.3 Å². The standard InChI is InChI=1S/C14H21NO6S2/c1-4-15(11-7-8-22(16,17)10-11)23(18,19)12-5-6-13(20-2)14(9-12)21-3/h5-6,9,11H,4,7-8,10H2,1-3H3. The molecule has 0 saturated carbocycles. The Bertz CT molecular complexity index is 772. The van der Waals surface area contributed by atoms with Gasteiger partial charge in [-0.2, -0.15) is 4.31 Å². The zero-order valence-electron chi connectivity index (χ0n) is 13.4. The summed E-state index contributed by atoms with van der Waals surface area (Å²) in [6.45, 7) is 1.90. The van der Waals surface area contributed by atoms with Crippen LogP contribution >= 0.6 is 0 Å². The van der Waals surface area contributed by atoms with Crippen LogP contribution in [0, 0.1) is 0 Å². The van der Waals surface area contributed by atoms with Crippen LogP contribution in [0.15, 0.2) is 23.1 Å². The number of ether oxygens (including phenoxy) is 2. The molecule has 0 spiro atoms. The van der Waals surface area contributed by atoms with E-state index in [1.165, 1.54) is 36.7 Å². The van der Waals surface area contributed by atoms with Crippen molar-refractivity contribution >= 4 is 19.9 Å². The van der Waals surface area contributed by atoms with Crippen molar-refractivity contribution < 1.29 is 26.3 Å². The Morgan fingerprint density at radius 1 is 1.22 bits per heavy atom. The fraction of sp³-hybridized carbons (Fsp3) is 0.571. The molecule has 0 aliphatic carbocycles. The molecule has 1 fully saturated rings. The van der Waals surface area contributed by atoms with E-state index in [9.17, 15) is 16.8 Å². The van der Waals surface area contributed by atoms with Gasteiger partial charge in [-0.15, -0.1) is 0 Å². The number of benzene rings is 1. The van der Waals surface area contributed by atoms with Crippen LogP contribution in [0.4, 0.5) is 0 Å². The highest BCUT2D eigenvalue weighted by molar-refractivity contribution is 7.92. The van der Waals surface area contributed by atoms with Gasteiger partial charge in [0.15, 0.2) is 21.3 Å². The fourth-order valence-corrected chi connectivity index (χ4v) is 6.24. The highest BCUT2D eigenvalue weighted by atomic mass is 32.2. The Balaban J connectivity index is 2.40. The van der Waals surface area contributed by atoms with Crippen LogP contribution in [0.3, 0.4) is 0 Å². The van der Waals surface area contributed by atoms with Gasteiger partial charge >= 0.3 is 0 Å². The van der Waals surface area contributed by atoms with E-state index in [0.29, 0.717) is 17.9 Å². The van der Waals surface area contributed by atoms with Gasteiger partial charge in [-0.25, -0.2) is 16.8 Å². The number of sulfonamides is 1. The minimum atomic E-state index is -3.81. The second kappa shape index (κ2) is 6.66. The molecule has 1 saturated heterocycles. The summed E-state index contributed by atoms with van der Waals surface area (Å²) in [7, 11) is -4.08. The molecule has 130 valence electrons. The minimum absolute atomic E-state index is 0.0234. The number of hydrogen-bond donors (Lipinski definition) is 0. The molecule has 23 heavy (non-hydrogen) atoms. The Morgan fingerprint density at radius 3 is 2.35 bits per heavy atom. The average molecular weight is 363 g/mol. The van der Waals surface area contributed by atoms with Crippen molar-refractivity contribution in [2.24, 2.45) is 0 Å². The predicted molar refractivity (Wildman–Crippen MR) is 86.2 cm³/mol. The minimum Gasteiger partial charge on any atom is -0.493 e. The normalized spacial score (nSPS) is 20.6. The number of methoxy groups -OCH3 is 2. The van der Waals surface area contributed by atoms with Crippen molar-refractivity contribution in [1.29, 1.82) is 0 Å². The topological polar surface area (TPSA) is 90.0 Å². The molecule has 7 nitrogen and oxygen atoms in total. The predicted octanol–water partition coefficient (Wildman–Crippen LogP) is 0.902. The summed E-state index contributed by atoms with van der Waals surface area (Å²) in [6, 6.07) is 3.82. The lowest BCUT2D eigenvalue weighted by atomic mass is 10.3. The third-order valence-electron chi connectivity index (χ3n) is 3.89. The molecule has 0 N–H and O–H groups in total. The molecule has 0 amide bonds. The maximum atomic E-state index is 12.9. The van der Waals surface area contributed by atoms with E-state index >= 15 is 0 Å².